The lowest BCUT2D eigenvalue weighted by molar-refractivity contribution is 0.103. The van der Waals surface area contributed by atoms with Crippen molar-refractivity contribution in [2.75, 3.05) is 25.6 Å². The summed E-state index contributed by atoms with van der Waals surface area (Å²) in [5, 5.41) is 2.80. The number of aryl methyl sites for hydroxylation is 1. The van der Waals surface area contributed by atoms with Crippen LogP contribution < -0.4 is 10.1 Å². The Morgan fingerprint density at radius 1 is 1.43 bits per heavy atom. The van der Waals surface area contributed by atoms with Crippen molar-refractivity contribution < 1.29 is 14.3 Å². The fourth-order valence-corrected chi connectivity index (χ4v) is 2.96. The van der Waals surface area contributed by atoms with Crippen LogP contribution in [0.25, 0.3) is 0 Å². The van der Waals surface area contributed by atoms with E-state index in [2.05, 4.69) is 26.2 Å². The van der Waals surface area contributed by atoms with Crippen LogP contribution in [0.5, 0.6) is 5.88 Å². The molecule has 0 fully saturated rings. The van der Waals surface area contributed by atoms with Gasteiger partial charge in [0.15, 0.2) is 0 Å². The molecule has 0 aliphatic rings. The number of hydrogen-bond donors (Lipinski definition) is 1. The van der Waals surface area contributed by atoms with Crippen LogP contribution in [0.3, 0.4) is 0 Å². The summed E-state index contributed by atoms with van der Waals surface area (Å²) in [6, 6.07) is 5.31. The lowest BCUT2D eigenvalue weighted by atomic mass is 10.3. The van der Waals surface area contributed by atoms with E-state index >= 15 is 0 Å². The van der Waals surface area contributed by atoms with Crippen LogP contribution >= 0.6 is 27.3 Å². The van der Waals surface area contributed by atoms with Gasteiger partial charge in [0.1, 0.15) is 6.61 Å². The van der Waals surface area contributed by atoms with Crippen molar-refractivity contribution in [3.63, 3.8) is 0 Å². The third-order valence-electron chi connectivity index (χ3n) is 2.61. The molecule has 2 aromatic heterocycles. The van der Waals surface area contributed by atoms with Crippen molar-refractivity contribution in [2.24, 2.45) is 0 Å². The molecule has 0 bridgehead atoms. The van der Waals surface area contributed by atoms with E-state index in [9.17, 15) is 4.79 Å². The molecule has 0 aliphatic heterocycles. The fraction of sp³-hybridized carbons (Fsp3) is 0.286. The van der Waals surface area contributed by atoms with Crippen molar-refractivity contribution in [2.45, 2.75) is 6.92 Å². The number of halogens is 1. The van der Waals surface area contributed by atoms with Crippen LogP contribution in [-0.4, -0.2) is 31.2 Å². The Hall–Kier alpha value is -1.44. The minimum absolute atomic E-state index is 0.149. The second-order valence-electron chi connectivity index (χ2n) is 4.25. The third-order valence-corrected chi connectivity index (χ3v) is 4.75. The number of anilines is 1. The Morgan fingerprint density at radius 3 is 2.81 bits per heavy atom. The van der Waals surface area contributed by atoms with Crippen molar-refractivity contribution in [1.82, 2.24) is 4.98 Å². The summed E-state index contributed by atoms with van der Waals surface area (Å²) in [5.74, 6) is 0.350. The Bertz CT molecular complexity index is 594. The van der Waals surface area contributed by atoms with Crippen molar-refractivity contribution in [3.05, 3.63) is 38.6 Å². The highest BCUT2D eigenvalue weighted by atomic mass is 79.9. The van der Waals surface area contributed by atoms with E-state index in [1.54, 1.807) is 25.4 Å². The van der Waals surface area contributed by atoms with Crippen molar-refractivity contribution >= 4 is 38.9 Å². The van der Waals surface area contributed by atoms with Gasteiger partial charge in [0, 0.05) is 13.2 Å². The van der Waals surface area contributed by atoms with Gasteiger partial charge in [-0.2, -0.15) is 0 Å². The zero-order valence-electron chi connectivity index (χ0n) is 11.7. The monoisotopic (exact) mass is 370 g/mol. The summed E-state index contributed by atoms with van der Waals surface area (Å²) < 4.78 is 11.2. The number of rotatable bonds is 6. The van der Waals surface area contributed by atoms with Gasteiger partial charge >= 0.3 is 0 Å². The average molecular weight is 371 g/mol. The first-order valence-corrected chi connectivity index (χ1v) is 7.86. The largest absolute Gasteiger partial charge is 0.475 e. The van der Waals surface area contributed by atoms with Crippen molar-refractivity contribution in [3.8, 4) is 5.88 Å². The number of amides is 1. The number of methoxy groups -OCH3 is 1. The Balaban J connectivity index is 1.95. The van der Waals surface area contributed by atoms with Crippen LogP contribution in [0, 0.1) is 6.92 Å². The number of nitrogens with one attached hydrogen (secondary N) is 1. The van der Waals surface area contributed by atoms with Crippen LogP contribution in [0.2, 0.25) is 0 Å². The van der Waals surface area contributed by atoms with Gasteiger partial charge in [-0.3, -0.25) is 4.79 Å². The molecule has 0 unspecified atom stereocenters. The number of pyridine rings is 1. The van der Waals surface area contributed by atoms with E-state index < -0.39 is 0 Å². The molecule has 21 heavy (non-hydrogen) atoms. The molecule has 0 aliphatic carbocycles. The second-order valence-corrected chi connectivity index (χ2v) is 6.62. The molecule has 0 radical (unpaired) electrons. The van der Waals surface area contributed by atoms with Crippen molar-refractivity contribution in [1.29, 1.82) is 0 Å². The molecule has 7 heteroatoms. The molecule has 5 nitrogen and oxygen atoms in total. The van der Waals surface area contributed by atoms with Gasteiger partial charge < -0.3 is 14.8 Å². The third kappa shape index (κ3) is 4.52. The quantitative estimate of drug-likeness (QED) is 0.790. The molecule has 0 atom stereocenters. The summed E-state index contributed by atoms with van der Waals surface area (Å²) in [7, 11) is 1.61. The average Bonchev–Trinajstić information content (AvgIpc) is 2.81. The summed E-state index contributed by atoms with van der Waals surface area (Å²) >= 11 is 4.81. The van der Waals surface area contributed by atoms with Gasteiger partial charge in [0.2, 0.25) is 5.88 Å². The topological polar surface area (TPSA) is 60.5 Å². The molecule has 0 saturated carbocycles. The molecule has 1 amide bonds. The normalized spacial score (nSPS) is 10.4. The fourth-order valence-electron chi connectivity index (χ4n) is 1.53. The lowest BCUT2D eigenvalue weighted by Gasteiger charge is -2.06. The van der Waals surface area contributed by atoms with Gasteiger partial charge in [-0.25, -0.2) is 4.98 Å². The van der Waals surface area contributed by atoms with Crippen LogP contribution in [0.15, 0.2) is 28.2 Å². The Labute approximate surface area is 135 Å². The van der Waals surface area contributed by atoms with E-state index in [0.717, 1.165) is 9.35 Å². The molecule has 2 heterocycles. The number of aromatic nitrogens is 1. The maximum Gasteiger partial charge on any atom is 0.265 e. The van der Waals surface area contributed by atoms with Gasteiger partial charge in [-0.1, -0.05) is 0 Å². The zero-order chi connectivity index (χ0) is 15.2. The van der Waals surface area contributed by atoms with Crippen LogP contribution in [0.1, 0.15) is 15.2 Å². The molecular weight excluding hydrogens is 356 g/mol. The van der Waals surface area contributed by atoms with Gasteiger partial charge in [0.25, 0.3) is 5.91 Å². The van der Waals surface area contributed by atoms with Gasteiger partial charge in [-0.05, 0) is 40.5 Å². The number of hydrogen-bond acceptors (Lipinski definition) is 5. The molecule has 0 saturated heterocycles. The SMILES string of the molecule is COCCOc1ccc(NC(=O)c2cc(C)c(Br)s2)cn1. The molecular formula is C14H15BrN2O3S. The number of carbonyl (C=O) groups is 1. The van der Waals surface area contributed by atoms with E-state index in [1.165, 1.54) is 11.3 Å². The van der Waals surface area contributed by atoms with Crippen LogP contribution in [0.4, 0.5) is 5.69 Å². The number of thiophene rings is 1. The second kappa shape index (κ2) is 7.53. The maximum absolute atomic E-state index is 12.1. The first-order valence-electron chi connectivity index (χ1n) is 6.25. The highest BCUT2D eigenvalue weighted by Gasteiger charge is 2.11. The Kier molecular flexibility index (Phi) is 5.72. The summed E-state index contributed by atoms with van der Waals surface area (Å²) in [6.45, 7) is 2.90. The first kappa shape index (κ1) is 15.9. The predicted molar refractivity (Wildman–Crippen MR) is 86.3 cm³/mol. The number of carbonyl (C=O) groups excluding carboxylic acids is 1. The van der Waals surface area contributed by atoms with E-state index in [0.29, 0.717) is 29.7 Å². The smallest absolute Gasteiger partial charge is 0.265 e. The Morgan fingerprint density at radius 2 is 2.24 bits per heavy atom. The number of ether oxygens (including phenoxy) is 2. The lowest BCUT2D eigenvalue weighted by Crippen LogP contribution is -2.10. The van der Waals surface area contributed by atoms with E-state index in [1.807, 2.05) is 13.0 Å². The highest BCUT2D eigenvalue weighted by Crippen LogP contribution is 2.27. The molecule has 2 aromatic rings. The summed E-state index contributed by atoms with van der Waals surface area (Å²) in [6.07, 6.45) is 1.57. The predicted octanol–water partition coefficient (Wildman–Crippen LogP) is 3.49. The summed E-state index contributed by atoms with van der Waals surface area (Å²) in [4.78, 5) is 16.9. The molecule has 1 N–H and O–H groups in total. The highest BCUT2D eigenvalue weighted by molar-refractivity contribution is 9.11. The minimum Gasteiger partial charge on any atom is -0.475 e. The zero-order valence-corrected chi connectivity index (χ0v) is 14.1. The molecule has 0 aromatic carbocycles. The van der Waals surface area contributed by atoms with E-state index in [-0.39, 0.29) is 5.91 Å². The van der Waals surface area contributed by atoms with Crippen LogP contribution in [-0.2, 0) is 4.74 Å². The standard InChI is InChI=1S/C14H15BrN2O3S/c1-9-7-11(21-13(9)15)14(18)17-10-3-4-12(16-8-10)20-6-5-19-2/h3-4,7-8H,5-6H2,1-2H3,(H,17,18). The molecule has 2 rings (SSSR count). The van der Waals surface area contributed by atoms with Gasteiger partial charge in [0.05, 0.1) is 27.2 Å². The van der Waals surface area contributed by atoms with Gasteiger partial charge in [-0.15, -0.1) is 11.3 Å². The van der Waals surface area contributed by atoms with E-state index in [4.69, 9.17) is 9.47 Å². The maximum atomic E-state index is 12.1. The number of nitrogens with zero attached hydrogens (tertiary/aromatic N) is 1. The first-order chi connectivity index (χ1) is 10.1. The minimum atomic E-state index is -0.149. The molecule has 0 spiro atoms. The summed E-state index contributed by atoms with van der Waals surface area (Å²) in [5.41, 5.74) is 1.67. The molecule has 112 valence electrons.